The van der Waals surface area contributed by atoms with Crippen LogP contribution >= 0.6 is 11.6 Å². The monoisotopic (exact) mass is 559 g/mol. The maximum absolute atomic E-state index is 13.1. The van der Waals surface area contributed by atoms with Gasteiger partial charge in [-0.1, -0.05) is 29.8 Å². The summed E-state index contributed by atoms with van der Waals surface area (Å²) in [4.78, 5) is 12.8. The van der Waals surface area contributed by atoms with Crippen molar-refractivity contribution in [1.29, 1.82) is 0 Å². The van der Waals surface area contributed by atoms with Crippen LogP contribution in [-0.2, 0) is 20.0 Å². The molecule has 37 heavy (non-hydrogen) atoms. The van der Waals surface area contributed by atoms with Gasteiger partial charge in [0.2, 0.25) is 0 Å². The maximum atomic E-state index is 13.1. The van der Waals surface area contributed by atoms with Gasteiger partial charge in [0.25, 0.3) is 26.0 Å². The number of anilines is 3. The number of benzene rings is 4. The van der Waals surface area contributed by atoms with Crippen LogP contribution in [0.5, 0.6) is 0 Å². The van der Waals surface area contributed by atoms with Gasteiger partial charge in [0.15, 0.2) is 0 Å². The lowest BCUT2D eigenvalue weighted by Gasteiger charge is -2.12. The molecule has 0 spiro atoms. The standard InChI is InChI=1S/C25H19ClFN3O5S2/c26-24-15-12-20(30-36(32,33)21-4-2-1-3-5-21)16-23(24)25(31)28-18-10-13-22(14-11-18)37(34,35)29-19-8-6-17(27)7-9-19/h1-16,29-30H,(H,28,31). The van der Waals surface area contributed by atoms with E-state index in [1.54, 1.807) is 18.2 Å². The van der Waals surface area contributed by atoms with E-state index < -0.39 is 31.8 Å². The third-order valence-electron chi connectivity index (χ3n) is 5.04. The Morgan fingerprint density at radius 3 is 1.78 bits per heavy atom. The summed E-state index contributed by atoms with van der Waals surface area (Å²) in [7, 11) is -7.82. The van der Waals surface area contributed by atoms with E-state index in [1.165, 1.54) is 66.7 Å². The fraction of sp³-hybridized carbons (Fsp3) is 0. The number of amides is 1. The van der Waals surface area contributed by atoms with E-state index in [2.05, 4.69) is 14.8 Å². The number of rotatable bonds is 8. The lowest BCUT2D eigenvalue weighted by molar-refractivity contribution is 0.102. The van der Waals surface area contributed by atoms with Crippen molar-refractivity contribution in [3.8, 4) is 0 Å². The van der Waals surface area contributed by atoms with Crippen molar-refractivity contribution in [3.05, 3.63) is 113 Å². The molecule has 190 valence electrons. The van der Waals surface area contributed by atoms with Crippen LogP contribution in [0.3, 0.4) is 0 Å². The average Bonchev–Trinajstić information content (AvgIpc) is 2.87. The molecule has 4 aromatic carbocycles. The zero-order valence-electron chi connectivity index (χ0n) is 18.9. The second-order valence-corrected chi connectivity index (χ2v) is 11.5. The molecule has 0 heterocycles. The first-order valence-electron chi connectivity index (χ1n) is 10.6. The molecule has 0 aromatic heterocycles. The van der Waals surface area contributed by atoms with Gasteiger partial charge in [-0.3, -0.25) is 14.2 Å². The first kappa shape index (κ1) is 26.1. The second-order valence-electron chi connectivity index (χ2n) is 7.70. The summed E-state index contributed by atoms with van der Waals surface area (Å²) in [6.45, 7) is 0. The van der Waals surface area contributed by atoms with Gasteiger partial charge in [-0.2, -0.15) is 0 Å². The number of hydrogen-bond acceptors (Lipinski definition) is 5. The van der Waals surface area contributed by atoms with E-state index in [-0.39, 0.29) is 37.4 Å². The van der Waals surface area contributed by atoms with E-state index in [1.807, 2.05) is 0 Å². The van der Waals surface area contributed by atoms with Crippen LogP contribution in [0.25, 0.3) is 0 Å². The van der Waals surface area contributed by atoms with Crippen molar-refractivity contribution in [2.75, 3.05) is 14.8 Å². The Hall–Kier alpha value is -3.93. The van der Waals surface area contributed by atoms with Gasteiger partial charge in [0.05, 0.1) is 20.4 Å². The lowest BCUT2D eigenvalue weighted by Crippen LogP contribution is -2.16. The van der Waals surface area contributed by atoms with Gasteiger partial charge in [-0.05, 0) is 78.9 Å². The first-order chi connectivity index (χ1) is 17.5. The Morgan fingerprint density at radius 2 is 1.16 bits per heavy atom. The molecule has 0 aliphatic carbocycles. The minimum Gasteiger partial charge on any atom is -0.322 e. The number of halogens is 2. The van der Waals surface area contributed by atoms with Crippen LogP contribution in [0.15, 0.2) is 107 Å². The van der Waals surface area contributed by atoms with Gasteiger partial charge < -0.3 is 5.32 Å². The average molecular weight is 560 g/mol. The lowest BCUT2D eigenvalue weighted by atomic mass is 10.2. The van der Waals surface area contributed by atoms with Gasteiger partial charge in [-0.25, -0.2) is 21.2 Å². The van der Waals surface area contributed by atoms with Crippen LogP contribution in [0, 0.1) is 5.82 Å². The summed E-state index contributed by atoms with van der Waals surface area (Å²) in [6.07, 6.45) is 0. The van der Waals surface area contributed by atoms with Crippen LogP contribution in [-0.4, -0.2) is 22.7 Å². The van der Waals surface area contributed by atoms with Crippen LogP contribution in [0.4, 0.5) is 21.5 Å². The molecule has 8 nitrogen and oxygen atoms in total. The summed E-state index contributed by atoms with van der Waals surface area (Å²) in [5, 5.41) is 2.68. The Kier molecular flexibility index (Phi) is 7.48. The fourth-order valence-corrected chi connectivity index (χ4v) is 5.56. The van der Waals surface area contributed by atoms with E-state index >= 15 is 0 Å². The molecule has 0 aliphatic heterocycles. The molecule has 0 saturated carbocycles. The summed E-state index contributed by atoms with van der Waals surface area (Å²) in [5.41, 5.74) is 0.601. The van der Waals surface area contributed by atoms with Gasteiger partial charge in [-0.15, -0.1) is 0 Å². The number of sulfonamides is 2. The first-order valence-corrected chi connectivity index (χ1v) is 14.0. The minimum absolute atomic E-state index is 0.00426. The molecule has 1 amide bonds. The quantitative estimate of drug-likeness (QED) is 0.269. The van der Waals surface area contributed by atoms with Crippen molar-refractivity contribution in [2.24, 2.45) is 0 Å². The third kappa shape index (κ3) is 6.45. The summed E-state index contributed by atoms with van der Waals surface area (Å²) in [6, 6.07) is 22.0. The Labute approximate surface area is 218 Å². The van der Waals surface area contributed by atoms with E-state index in [9.17, 15) is 26.0 Å². The molecule has 3 N–H and O–H groups in total. The summed E-state index contributed by atoms with van der Waals surface area (Å²) >= 11 is 6.17. The highest BCUT2D eigenvalue weighted by atomic mass is 35.5. The molecule has 0 saturated heterocycles. The number of carbonyl (C=O) groups excluding carboxylic acids is 1. The van der Waals surface area contributed by atoms with Gasteiger partial charge >= 0.3 is 0 Å². The maximum Gasteiger partial charge on any atom is 0.261 e. The molecule has 0 fully saturated rings. The van der Waals surface area contributed by atoms with E-state index in [0.29, 0.717) is 0 Å². The van der Waals surface area contributed by atoms with Gasteiger partial charge in [0.1, 0.15) is 5.82 Å². The van der Waals surface area contributed by atoms with Crippen LogP contribution in [0.2, 0.25) is 5.02 Å². The minimum atomic E-state index is -3.95. The molecule has 0 unspecified atom stereocenters. The predicted octanol–water partition coefficient (Wildman–Crippen LogP) is 5.33. The Morgan fingerprint density at radius 1 is 0.649 bits per heavy atom. The molecule has 4 aromatic rings. The van der Waals surface area contributed by atoms with Crippen molar-refractivity contribution in [1.82, 2.24) is 0 Å². The van der Waals surface area contributed by atoms with E-state index in [4.69, 9.17) is 11.6 Å². The van der Waals surface area contributed by atoms with Crippen LogP contribution in [0.1, 0.15) is 10.4 Å². The summed E-state index contributed by atoms with van der Waals surface area (Å²) < 4.78 is 68.1. The number of hydrogen-bond donors (Lipinski definition) is 3. The highest BCUT2D eigenvalue weighted by Crippen LogP contribution is 2.25. The SMILES string of the molecule is O=C(Nc1ccc(S(=O)(=O)Nc2ccc(F)cc2)cc1)c1cc(NS(=O)(=O)c2ccccc2)ccc1Cl. The molecule has 4 rings (SSSR count). The molecule has 12 heteroatoms. The highest BCUT2D eigenvalue weighted by Gasteiger charge is 2.18. The largest absolute Gasteiger partial charge is 0.322 e. The molecule has 0 radical (unpaired) electrons. The molecule has 0 bridgehead atoms. The number of nitrogens with one attached hydrogen (secondary N) is 3. The smallest absolute Gasteiger partial charge is 0.261 e. The predicted molar refractivity (Wildman–Crippen MR) is 140 cm³/mol. The van der Waals surface area contributed by atoms with Gasteiger partial charge in [0, 0.05) is 17.1 Å². The molecular weight excluding hydrogens is 541 g/mol. The van der Waals surface area contributed by atoms with Crippen molar-refractivity contribution in [3.63, 3.8) is 0 Å². The molecule has 0 aliphatic rings. The van der Waals surface area contributed by atoms with Crippen LogP contribution < -0.4 is 14.8 Å². The van der Waals surface area contributed by atoms with Crippen molar-refractivity contribution in [2.45, 2.75) is 9.79 Å². The second kappa shape index (κ2) is 10.6. The number of carbonyl (C=O) groups is 1. The highest BCUT2D eigenvalue weighted by molar-refractivity contribution is 7.93. The topological polar surface area (TPSA) is 121 Å². The third-order valence-corrected chi connectivity index (χ3v) is 8.16. The molecular formula is C25H19ClFN3O5S2. The zero-order chi connectivity index (χ0) is 26.6. The van der Waals surface area contributed by atoms with Crippen molar-refractivity contribution < 1.29 is 26.0 Å². The summed E-state index contributed by atoms with van der Waals surface area (Å²) in [5.74, 6) is -1.13. The van der Waals surface area contributed by atoms with E-state index in [0.717, 1.165) is 12.1 Å². The Bertz CT molecular complexity index is 1650. The van der Waals surface area contributed by atoms with Crippen molar-refractivity contribution >= 4 is 54.6 Å². The molecule has 0 atom stereocenters. The normalized spacial score (nSPS) is 11.5. The Balaban J connectivity index is 1.48. The fourth-order valence-electron chi connectivity index (χ4n) is 3.22. The zero-order valence-corrected chi connectivity index (χ0v) is 21.2.